The fourth-order valence-corrected chi connectivity index (χ4v) is 4.56. The summed E-state index contributed by atoms with van der Waals surface area (Å²) in [6.07, 6.45) is 2.89. The van der Waals surface area contributed by atoms with E-state index in [1.807, 2.05) is 6.07 Å². The Morgan fingerprint density at radius 3 is 3.00 bits per heavy atom. The molecule has 1 spiro atoms. The van der Waals surface area contributed by atoms with Gasteiger partial charge in [0.1, 0.15) is 0 Å². The van der Waals surface area contributed by atoms with E-state index in [0.717, 1.165) is 18.7 Å². The largest absolute Gasteiger partial charge is 0.472 e. The molecule has 2 heterocycles. The maximum Gasteiger partial charge on any atom is 0.272 e. The quantitative estimate of drug-likeness (QED) is 0.874. The van der Waals surface area contributed by atoms with Crippen molar-refractivity contribution >= 4 is 0 Å². The predicted molar refractivity (Wildman–Crippen MR) is 80.5 cm³/mol. The Hall–Kier alpha value is -1.27. The number of nitrogens with zero attached hydrogens (tertiary/aromatic N) is 1. The third-order valence-electron chi connectivity index (χ3n) is 5.68. The predicted octanol–water partition coefficient (Wildman–Crippen LogP) is 2.77. The molecule has 126 valence electrons. The van der Waals surface area contributed by atoms with E-state index >= 15 is 0 Å². The van der Waals surface area contributed by atoms with Gasteiger partial charge < -0.3 is 14.8 Å². The number of pyridine rings is 1. The zero-order chi connectivity index (χ0) is 15.9. The SMILES string of the molecule is FC(F)COc1cccc(CN[C@@H]2[C@@H]3CCO[C@@H]3C23CCC3)n1. The highest BCUT2D eigenvalue weighted by molar-refractivity contribution is 5.20. The lowest BCUT2D eigenvalue weighted by Gasteiger charge is -2.63. The summed E-state index contributed by atoms with van der Waals surface area (Å²) in [6.45, 7) is 0.905. The molecule has 4 rings (SSSR count). The Kier molecular flexibility index (Phi) is 3.97. The molecular formula is C17H22F2N2O2. The first kappa shape index (κ1) is 15.3. The number of hydrogen-bond acceptors (Lipinski definition) is 4. The lowest BCUT2D eigenvalue weighted by molar-refractivity contribution is -0.176. The summed E-state index contributed by atoms with van der Waals surface area (Å²) in [4.78, 5) is 4.30. The average Bonchev–Trinajstić information content (AvgIpc) is 2.89. The van der Waals surface area contributed by atoms with Crippen molar-refractivity contribution in [2.45, 2.75) is 50.8 Å². The average molecular weight is 324 g/mol. The molecule has 0 aromatic carbocycles. The van der Waals surface area contributed by atoms with Crippen LogP contribution in [-0.4, -0.2) is 36.8 Å². The summed E-state index contributed by atoms with van der Waals surface area (Å²) in [7, 11) is 0. The Morgan fingerprint density at radius 2 is 2.26 bits per heavy atom. The van der Waals surface area contributed by atoms with Gasteiger partial charge in [-0.3, -0.25) is 0 Å². The minimum atomic E-state index is -2.48. The third-order valence-corrected chi connectivity index (χ3v) is 5.68. The first-order valence-corrected chi connectivity index (χ1v) is 8.41. The molecule has 3 atom stereocenters. The molecular weight excluding hydrogens is 302 g/mol. The van der Waals surface area contributed by atoms with Gasteiger partial charge in [-0.05, 0) is 25.3 Å². The van der Waals surface area contributed by atoms with E-state index < -0.39 is 13.0 Å². The number of rotatable bonds is 6. The summed E-state index contributed by atoms with van der Waals surface area (Å²) < 4.78 is 35.3. The van der Waals surface area contributed by atoms with Gasteiger partial charge in [0.05, 0.1) is 11.8 Å². The topological polar surface area (TPSA) is 43.4 Å². The van der Waals surface area contributed by atoms with Gasteiger partial charge in [0.15, 0.2) is 6.61 Å². The summed E-state index contributed by atoms with van der Waals surface area (Å²) in [5, 5.41) is 3.65. The second-order valence-electron chi connectivity index (χ2n) is 6.86. The Bertz CT molecular complexity index is 565. The molecule has 1 N–H and O–H groups in total. The molecule has 0 amide bonds. The van der Waals surface area contributed by atoms with Crippen molar-refractivity contribution in [3.63, 3.8) is 0 Å². The van der Waals surface area contributed by atoms with E-state index in [2.05, 4.69) is 10.3 Å². The number of nitrogens with one attached hydrogen (secondary N) is 1. The van der Waals surface area contributed by atoms with Crippen molar-refractivity contribution in [3.05, 3.63) is 23.9 Å². The summed E-state index contributed by atoms with van der Waals surface area (Å²) in [5.74, 6) is 0.882. The van der Waals surface area contributed by atoms with Crippen LogP contribution in [0.4, 0.5) is 8.78 Å². The van der Waals surface area contributed by atoms with Crippen LogP contribution in [0.15, 0.2) is 18.2 Å². The van der Waals surface area contributed by atoms with E-state index in [1.54, 1.807) is 12.1 Å². The molecule has 1 aliphatic heterocycles. The fraction of sp³-hybridized carbons (Fsp3) is 0.706. The van der Waals surface area contributed by atoms with E-state index in [0.29, 0.717) is 30.0 Å². The molecule has 2 aliphatic carbocycles. The van der Waals surface area contributed by atoms with Gasteiger partial charge in [-0.25, -0.2) is 13.8 Å². The second-order valence-corrected chi connectivity index (χ2v) is 6.86. The molecule has 4 nitrogen and oxygen atoms in total. The van der Waals surface area contributed by atoms with E-state index in [9.17, 15) is 8.78 Å². The van der Waals surface area contributed by atoms with Gasteiger partial charge in [0.2, 0.25) is 5.88 Å². The molecule has 3 aliphatic rings. The molecule has 3 fully saturated rings. The zero-order valence-electron chi connectivity index (χ0n) is 13.0. The Balaban J connectivity index is 1.36. The van der Waals surface area contributed by atoms with Gasteiger partial charge in [-0.2, -0.15) is 0 Å². The van der Waals surface area contributed by atoms with Crippen molar-refractivity contribution in [2.24, 2.45) is 11.3 Å². The maximum atomic E-state index is 12.2. The van der Waals surface area contributed by atoms with Crippen molar-refractivity contribution in [2.75, 3.05) is 13.2 Å². The van der Waals surface area contributed by atoms with Crippen LogP contribution in [0.2, 0.25) is 0 Å². The van der Waals surface area contributed by atoms with Gasteiger partial charge in [0.25, 0.3) is 6.43 Å². The molecule has 0 bridgehead atoms. The van der Waals surface area contributed by atoms with Gasteiger partial charge in [-0.1, -0.05) is 12.5 Å². The first-order valence-electron chi connectivity index (χ1n) is 8.41. The van der Waals surface area contributed by atoms with Crippen molar-refractivity contribution in [1.82, 2.24) is 10.3 Å². The van der Waals surface area contributed by atoms with Gasteiger partial charge in [-0.15, -0.1) is 0 Å². The molecule has 2 saturated carbocycles. The summed E-state index contributed by atoms with van der Waals surface area (Å²) in [5.41, 5.74) is 1.17. The number of alkyl halides is 2. The van der Waals surface area contributed by atoms with Crippen molar-refractivity contribution < 1.29 is 18.3 Å². The molecule has 1 aromatic heterocycles. The Labute approximate surface area is 134 Å². The number of fused-ring (bicyclic) bond motifs is 2. The number of hydrogen-bond donors (Lipinski definition) is 1. The highest BCUT2D eigenvalue weighted by atomic mass is 19.3. The van der Waals surface area contributed by atoms with Crippen LogP contribution in [0.3, 0.4) is 0 Å². The summed E-state index contributed by atoms with van der Waals surface area (Å²) >= 11 is 0. The fourth-order valence-electron chi connectivity index (χ4n) is 4.56. The van der Waals surface area contributed by atoms with Crippen LogP contribution < -0.4 is 10.1 Å². The normalized spacial score (nSPS) is 30.8. The maximum absolute atomic E-state index is 12.2. The lowest BCUT2D eigenvalue weighted by Crippen LogP contribution is -2.70. The molecule has 0 unspecified atom stereocenters. The number of aromatic nitrogens is 1. The van der Waals surface area contributed by atoms with E-state index in [4.69, 9.17) is 9.47 Å². The minimum absolute atomic E-state index is 0.263. The molecule has 6 heteroatoms. The monoisotopic (exact) mass is 324 g/mol. The van der Waals surface area contributed by atoms with Gasteiger partial charge in [0, 0.05) is 36.6 Å². The van der Waals surface area contributed by atoms with E-state index in [-0.39, 0.29) is 5.88 Å². The van der Waals surface area contributed by atoms with Crippen LogP contribution in [0.25, 0.3) is 0 Å². The summed E-state index contributed by atoms with van der Waals surface area (Å²) in [6, 6.07) is 5.81. The smallest absolute Gasteiger partial charge is 0.272 e. The molecule has 1 saturated heterocycles. The third kappa shape index (κ3) is 2.62. The number of halogens is 2. The van der Waals surface area contributed by atoms with Crippen LogP contribution in [0.5, 0.6) is 5.88 Å². The zero-order valence-corrected chi connectivity index (χ0v) is 13.0. The van der Waals surface area contributed by atoms with Crippen LogP contribution in [-0.2, 0) is 11.3 Å². The number of ether oxygens (including phenoxy) is 2. The lowest BCUT2D eigenvalue weighted by atomic mass is 9.46. The van der Waals surface area contributed by atoms with Crippen LogP contribution >= 0.6 is 0 Å². The minimum Gasteiger partial charge on any atom is -0.472 e. The molecule has 23 heavy (non-hydrogen) atoms. The van der Waals surface area contributed by atoms with Gasteiger partial charge >= 0.3 is 0 Å². The van der Waals surface area contributed by atoms with Crippen LogP contribution in [0, 0.1) is 11.3 Å². The van der Waals surface area contributed by atoms with Crippen molar-refractivity contribution in [1.29, 1.82) is 0 Å². The second kappa shape index (κ2) is 5.98. The highest BCUT2D eigenvalue weighted by Gasteiger charge is 2.66. The highest BCUT2D eigenvalue weighted by Crippen LogP contribution is 2.62. The van der Waals surface area contributed by atoms with E-state index in [1.165, 1.54) is 19.3 Å². The van der Waals surface area contributed by atoms with Crippen molar-refractivity contribution in [3.8, 4) is 5.88 Å². The first-order chi connectivity index (χ1) is 11.2. The molecule has 0 radical (unpaired) electrons. The van der Waals surface area contributed by atoms with Crippen LogP contribution in [0.1, 0.15) is 31.4 Å². The molecule has 1 aromatic rings. The Morgan fingerprint density at radius 1 is 1.39 bits per heavy atom. The standard InChI is InChI=1S/C17H22F2N2O2/c18-13(19)10-23-14-4-1-3-11(21-14)9-20-15-12-5-8-22-16(12)17(15)6-2-7-17/h1,3-4,12-13,15-16,20H,2,5-10H2/t12-,15+,16-/m0/s1.